The molecule has 1 saturated carbocycles. The molecule has 0 radical (unpaired) electrons. The minimum absolute atomic E-state index is 0.0203. The van der Waals surface area contributed by atoms with Crippen LogP contribution in [-0.2, 0) is 4.79 Å². The Balaban J connectivity index is 1.49. The number of nitrogens with one attached hydrogen (secondary N) is 2. The SMILES string of the molecule is CC1CC(=O)NC2CC(NC(=O)c3cc4ccccc4oc3=O)CCC12. The van der Waals surface area contributed by atoms with Crippen molar-refractivity contribution in [2.45, 2.75) is 44.7 Å². The molecule has 1 aromatic carbocycles. The Morgan fingerprint density at radius 1 is 1.23 bits per heavy atom. The van der Waals surface area contributed by atoms with Gasteiger partial charge in [-0.15, -0.1) is 0 Å². The highest BCUT2D eigenvalue weighted by Gasteiger charge is 2.39. The van der Waals surface area contributed by atoms with E-state index in [1.54, 1.807) is 24.3 Å². The lowest BCUT2D eigenvalue weighted by molar-refractivity contribution is -0.126. The summed E-state index contributed by atoms with van der Waals surface area (Å²) in [6, 6.07) is 8.73. The fraction of sp³-hybridized carbons (Fsp3) is 0.450. The number of fused-ring (bicyclic) bond motifs is 2. The molecule has 26 heavy (non-hydrogen) atoms. The van der Waals surface area contributed by atoms with Crippen LogP contribution in [0, 0.1) is 11.8 Å². The topological polar surface area (TPSA) is 88.4 Å². The van der Waals surface area contributed by atoms with E-state index in [4.69, 9.17) is 4.42 Å². The summed E-state index contributed by atoms with van der Waals surface area (Å²) < 4.78 is 5.24. The lowest BCUT2D eigenvalue weighted by atomic mass is 9.72. The second-order valence-corrected chi connectivity index (χ2v) is 7.49. The van der Waals surface area contributed by atoms with Gasteiger partial charge in [0, 0.05) is 23.9 Å². The monoisotopic (exact) mass is 354 g/mol. The van der Waals surface area contributed by atoms with Crippen molar-refractivity contribution in [1.29, 1.82) is 0 Å². The molecule has 136 valence electrons. The van der Waals surface area contributed by atoms with Gasteiger partial charge in [-0.25, -0.2) is 4.79 Å². The van der Waals surface area contributed by atoms with Crippen molar-refractivity contribution in [2.24, 2.45) is 11.8 Å². The van der Waals surface area contributed by atoms with Gasteiger partial charge in [0.15, 0.2) is 0 Å². The minimum Gasteiger partial charge on any atom is -0.422 e. The number of hydrogen-bond acceptors (Lipinski definition) is 4. The largest absolute Gasteiger partial charge is 0.422 e. The Labute approximate surface area is 151 Å². The average molecular weight is 354 g/mol. The molecule has 2 amide bonds. The van der Waals surface area contributed by atoms with Crippen molar-refractivity contribution in [3.63, 3.8) is 0 Å². The number of carbonyl (C=O) groups is 2. The van der Waals surface area contributed by atoms with Crippen LogP contribution in [0.1, 0.15) is 43.0 Å². The van der Waals surface area contributed by atoms with Gasteiger partial charge in [-0.1, -0.05) is 25.1 Å². The first-order valence-electron chi connectivity index (χ1n) is 9.14. The number of para-hydroxylation sites is 1. The lowest BCUT2D eigenvalue weighted by Crippen LogP contribution is -2.55. The second-order valence-electron chi connectivity index (χ2n) is 7.49. The third kappa shape index (κ3) is 3.11. The Morgan fingerprint density at radius 2 is 2.04 bits per heavy atom. The maximum Gasteiger partial charge on any atom is 0.349 e. The minimum atomic E-state index is -0.630. The van der Waals surface area contributed by atoms with E-state index >= 15 is 0 Å². The molecule has 2 aliphatic rings. The summed E-state index contributed by atoms with van der Waals surface area (Å²) in [5.41, 5.74) is -0.144. The van der Waals surface area contributed by atoms with Crippen LogP contribution in [0.25, 0.3) is 11.0 Å². The van der Waals surface area contributed by atoms with Crippen molar-refractivity contribution < 1.29 is 14.0 Å². The van der Waals surface area contributed by atoms with Crippen LogP contribution in [0.3, 0.4) is 0 Å². The molecule has 4 unspecified atom stereocenters. The van der Waals surface area contributed by atoms with E-state index in [0.29, 0.717) is 35.6 Å². The van der Waals surface area contributed by atoms with Crippen molar-refractivity contribution in [1.82, 2.24) is 10.6 Å². The van der Waals surface area contributed by atoms with Crippen molar-refractivity contribution >= 4 is 22.8 Å². The zero-order valence-electron chi connectivity index (χ0n) is 14.7. The Hall–Kier alpha value is -2.63. The summed E-state index contributed by atoms with van der Waals surface area (Å²) in [5.74, 6) is 0.508. The summed E-state index contributed by atoms with van der Waals surface area (Å²) >= 11 is 0. The molecule has 0 spiro atoms. The molecule has 2 fully saturated rings. The van der Waals surface area contributed by atoms with Crippen molar-refractivity contribution in [3.05, 3.63) is 46.3 Å². The average Bonchev–Trinajstić information content (AvgIpc) is 2.60. The molecular formula is C20H22N2O4. The van der Waals surface area contributed by atoms with Gasteiger partial charge in [-0.2, -0.15) is 0 Å². The molecule has 6 nitrogen and oxygen atoms in total. The third-order valence-electron chi connectivity index (χ3n) is 5.71. The molecule has 4 rings (SSSR count). The first-order chi connectivity index (χ1) is 12.5. The number of hydrogen-bond donors (Lipinski definition) is 2. The van der Waals surface area contributed by atoms with Crippen LogP contribution in [0.4, 0.5) is 0 Å². The van der Waals surface area contributed by atoms with Crippen LogP contribution >= 0.6 is 0 Å². The summed E-state index contributed by atoms with van der Waals surface area (Å²) in [7, 11) is 0. The van der Waals surface area contributed by atoms with E-state index in [-0.39, 0.29) is 23.6 Å². The van der Waals surface area contributed by atoms with Gasteiger partial charge in [0.2, 0.25) is 5.91 Å². The van der Waals surface area contributed by atoms with E-state index in [1.807, 2.05) is 6.07 Å². The first kappa shape index (κ1) is 16.8. The van der Waals surface area contributed by atoms with Crippen molar-refractivity contribution in [2.75, 3.05) is 0 Å². The fourth-order valence-electron chi connectivity index (χ4n) is 4.37. The van der Waals surface area contributed by atoms with Gasteiger partial charge in [0.25, 0.3) is 5.91 Å². The Bertz CT molecular complexity index is 919. The Kier molecular flexibility index (Phi) is 4.26. The predicted octanol–water partition coefficient (Wildman–Crippen LogP) is 2.22. The van der Waals surface area contributed by atoms with E-state index < -0.39 is 11.5 Å². The Morgan fingerprint density at radius 3 is 2.88 bits per heavy atom. The molecule has 0 bridgehead atoms. The van der Waals surface area contributed by atoms with Crippen LogP contribution in [-0.4, -0.2) is 23.9 Å². The third-order valence-corrected chi connectivity index (χ3v) is 5.71. The molecule has 2 N–H and O–H groups in total. The lowest BCUT2D eigenvalue weighted by Gasteiger charge is -2.43. The van der Waals surface area contributed by atoms with Crippen LogP contribution < -0.4 is 16.3 Å². The van der Waals surface area contributed by atoms with Gasteiger partial charge in [0.1, 0.15) is 11.1 Å². The predicted molar refractivity (Wildman–Crippen MR) is 96.8 cm³/mol. The number of rotatable bonds is 2. The zero-order chi connectivity index (χ0) is 18.3. The van der Waals surface area contributed by atoms with Gasteiger partial charge in [-0.05, 0) is 43.2 Å². The summed E-state index contributed by atoms with van der Waals surface area (Å²) in [6.07, 6.45) is 3.09. The molecule has 1 aliphatic carbocycles. The van der Waals surface area contributed by atoms with Crippen LogP contribution in [0.2, 0.25) is 0 Å². The maximum absolute atomic E-state index is 12.6. The summed E-state index contributed by atoms with van der Waals surface area (Å²) in [6.45, 7) is 2.12. The summed E-state index contributed by atoms with van der Waals surface area (Å²) in [5, 5.41) is 6.73. The fourth-order valence-corrected chi connectivity index (χ4v) is 4.37. The highest BCUT2D eigenvalue weighted by Crippen LogP contribution is 2.35. The van der Waals surface area contributed by atoms with Gasteiger partial charge < -0.3 is 15.1 Å². The number of carbonyl (C=O) groups excluding carboxylic acids is 2. The molecule has 1 aliphatic heterocycles. The second kappa shape index (κ2) is 6.59. The van der Waals surface area contributed by atoms with E-state index in [2.05, 4.69) is 17.6 Å². The van der Waals surface area contributed by atoms with Crippen molar-refractivity contribution in [3.8, 4) is 0 Å². The van der Waals surface area contributed by atoms with Crippen LogP contribution in [0.5, 0.6) is 0 Å². The van der Waals surface area contributed by atoms with Gasteiger partial charge in [-0.3, -0.25) is 9.59 Å². The van der Waals surface area contributed by atoms with Gasteiger partial charge in [0.05, 0.1) is 0 Å². The highest BCUT2D eigenvalue weighted by molar-refractivity contribution is 5.96. The number of amides is 2. The maximum atomic E-state index is 12.6. The highest BCUT2D eigenvalue weighted by atomic mass is 16.4. The number of benzene rings is 1. The smallest absolute Gasteiger partial charge is 0.349 e. The molecule has 1 aromatic heterocycles. The molecule has 2 heterocycles. The standard InChI is InChI=1S/C20H22N2O4/c1-11-8-18(23)22-16-10-13(6-7-14(11)16)21-19(24)15-9-12-4-2-3-5-17(12)26-20(15)25/h2-5,9,11,13-14,16H,6-8,10H2,1H3,(H,21,24)(H,22,23). The quantitative estimate of drug-likeness (QED) is 0.810. The van der Waals surface area contributed by atoms with E-state index in [9.17, 15) is 14.4 Å². The molecule has 1 saturated heterocycles. The zero-order valence-corrected chi connectivity index (χ0v) is 14.7. The van der Waals surface area contributed by atoms with E-state index in [0.717, 1.165) is 12.8 Å². The number of piperidine rings is 1. The normalized spacial score (nSPS) is 28.3. The molecule has 6 heteroatoms. The van der Waals surface area contributed by atoms with Gasteiger partial charge >= 0.3 is 5.63 Å². The van der Waals surface area contributed by atoms with Crippen LogP contribution in [0.15, 0.2) is 39.5 Å². The molecular weight excluding hydrogens is 332 g/mol. The first-order valence-corrected chi connectivity index (χ1v) is 9.14. The summed E-state index contributed by atoms with van der Waals surface area (Å²) in [4.78, 5) is 36.5. The van der Waals surface area contributed by atoms with E-state index in [1.165, 1.54) is 0 Å². The molecule has 2 aromatic rings. The molecule has 4 atom stereocenters.